The molecule has 0 fully saturated rings. The second-order valence-electron chi connectivity index (χ2n) is 6.95. The molecule has 27 heavy (non-hydrogen) atoms. The lowest BCUT2D eigenvalue weighted by Crippen LogP contribution is -2.16. The molecule has 1 heterocycles. The molecule has 4 aromatic rings. The van der Waals surface area contributed by atoms with Crippen molar-refractivity contribution in [3.05, 3.63) is 105 Å². The highest BCUT2D eigenvalue weighted by atomic mass is 19.1. The first-order valence-corrected chi connectivity index (χ1v) is 8.95. The molecule has 0 aliphatic heterocycles. The SMILES string of the molecule is O=c1[nH][nH]c2c1C(c1ccc(F)cc1)CC(c1ccc3ccccc3c1)=C2. The average Bonchev–Trinajstić information content (AvgIpc) is 3.08. The fourth-order valence-electron chi connectivity index (χ4n) is 3.97. The van der Waals surface area contributed by atoms with Crippen molar-refractivity contribution >= 4 is 22.4 Å². The maximum Gasteiger partial charge on any atom is 0.268 e. The van der Waals surface area contributed by atoms with Gasteiger partial charge in [-0.05, 0) is 58.2 Å². The summed E-state index contributed by atoms with van der Waals surface area (Å²) in [4.78, 5) is 12.3. The fourth-order valence-corrected chi connectivity index (χ4v) is 3.97. The number of allylic oxidation sites excluding steroid dienone is 1. The van der Waals surface area contributed by atoms with Gasteiger partial charge in [0.05, 0.1) is 11.3 Å². The Morgan fingerprint density at radius 1 is 0.889 bits per heavy atom. The van der Waals surface area contributed by atoms with Crippen LogP contribution in [0.4, 0.5) is 4.39 Å². The van der Waals surface area contributed by atoms with Crippen molar-refractivity contribution in [2.45, 2.75) is 12.3 Å². The Hall–Kier alpha value is -3.40. The smallest absolute Gasteiger partial charge is 0.268 e. The Labute approximate surface area is 155 Å². The minimum atomic E-state index is -0.275. The molecule has 3 aromatic carbocycles. The Morgan fingerprint density at radius 2 is 1.67 bits per heavy atom. The van der Waals surface area contributed by atoms with Crippen LogP contribution in [-0.4, -0.2) is 10.2 Å². The van der Waals surface area contributed by atoms with E-state index in [0.717, 1.165) is 22.4 Å². The molecule has 1 atom stereocenters. The second kappa shape index (κ2) is 6.09. The summed E-state index contributed by atoms with van der Waals surface area (Å²) in [5, 5.41) is 8.06. The number of nitrogens with one attached hydrogen (secondary N) is 2. The van der Waals surface area contributed by atoms with Gasteiger partial charge in [0.2, 0.25) is 0 Å². The van der Waals surface area contributed by atoms with Crippen LogP contribution in [0.3, 0.4) is 0 Å². The van der Waals surface area contributed by atoms with Crippen LogP contribution >= 0.6 is 0 Å². The molecule has 1 unspecified atom stereocenters. The van der Waals surface area contributed by atoms with Gasteiger partial charge in [-0.3, -0.25) is 15.0 Å². The van der Waals surface area contributed by atoms with Crippen molar-refractivity contribution in [2.75, 3.05) is 0 Å². The summed E-state index contributed by atoms with van der Waals surface area (Å²) >= 11 is 0. The maximum atomic E-state index is 13.4. The molecule has 5 rings (SSSR count). The number of hydrogen-bond donors (Lipinski definition) is 2. The second-order valence-corrected chi connectivity index (χ2v) is 6.95. The minimum absolute atomic E-state index is 0.109. The molecule has 1 aliphatic carbocycles. The number of rotatable bonds is 2. The highest BCUT2D eigenvalue weighted by Gasteiger charge is 2.27. The van der Waals surface area contributed by atoms with Gasteiger partial charge in [-0.2, -0.15) is 0 Å². The van der Waals surface area contributed by atoms with Gasteiger partial charge >= 0.3 is 0 Å². The van der Waals surface area contributed by atoms with Gasteiger partial charge in [-0.25, -0.2) is 4.39 Å². The number of halogens is 1. The lowest BCUT2D eigenvalue weighted by molar-refractivity contribution is 0.626. The lowest BCUT2D eigenvalue weighted by Gasteiger charge is -2.23. The fraction of sp³-hybridized carbons (Fsp3) is 0.0870. The Kier molecular flexibility index (Phi) is 3.57. The van der Waals surface area contributed by atoms with Gasteiger partial charge in [0.1, 0.15) is 5.82 Å². The summed E-state index contributed by atoms with van der Waals surface area (Å²) < 4.78 is 13.4. The molecule has 4 heteroatoms. The van der Waals surface area contributed by atoms with Crippen molar-refractivity contribution < 1.29 is 4.39 Å². The van der Waals surface area contributed by atoms with Gasteiger partial charge in [0.25, 0.3) is 5.56 Å². The summed E-state index contributed by atoms with van der Waals surface area (Å²) in [5.41, 5.74) is 4.61. The van der Waals surface area contributed by atoms with Crippen LogP contribution < -0.4 is 5.56 Å². The van der Waals surface area contributed by atoms with Crippen LogP contribution in [0.2, 0.25) is 0 Å². The van der Waals surface area contributed by atoms with Gasteiger partial charge < -0.3 is 0 Å². The summed E-state index contributed by atoms with van der Waals surface area (Å²) in [6.07, 6.45) is 2.73. The van der Waals surface area contributed by atoms with E-state index in [0.29, 0.717) is 12.0 Å². The van der Waals surface area contributed by atoms with E-state index in [4.69, 9.17) is 0 Å². The van der Waals surface area contributed by atoms with E-state index in [1.807, 2.05) is 18.2 Å². The van der Waals surface area contributed by atoms with E-state index in [1.165, 1.54) is 22.9 Å². The highest BCUT2D eigenvalue weighted by Crippen LogP contribution is 2.40. The first-order chi connectivity index (χ1) is 13.2. The van der Waals surface area contributed by atoms with Crippen LogP contribution in [0.25, 0.3) is 22.4 Å². The molecule has 0 bridgehead atoms. The largest absolute Gasteiger partial charge is 0.298 e. The summed E-state index contributed by atoms with van der Waals surface area (Å²) in [7, 11) is 0. The molecular formula is C23H17FN2O. The summed E-state index contributed by atoms with van der Waals surface area (Å²) in [5.74, 6) is -0.384. The standard InChI is InChI=1S/C23H17FN2O/c24-19-9-7-15(8-10-19)20-12-18(13-21-22(20)23(27)26-25-21)17-6-5-14-3-1-2-4-16(14)11-17/h1-11,13,20H,12H2,(H2,25,26,27). The maximum absolute atomic E-state index is 13.4. The van der Waals surface area contributed by atoms with Gasteiger partial charge in [0, 0.05) is 5.92 Å². The Balaban J connectivity index is 1.64. The normalized spacial score (nSPS) is 16.2. The quantitative estimate of drug-likeness (QED) is 0.517. The van der Waals surface area contributed by atoms with Crippen molar-refractivity contribution in [3.8, 4) is 0 Å². The number of H-pyrrole nitrogens is 2. The number of aromatic amines is 2. The number of fused-ring (bicyclic) bond motifs is 2. The van der Waals surface area contributed by atoms with Crippen molar-refractivity contribution in [1.82, 2.24) is 10.2 Å². The molecule has 0 amide bonds. The van der Waals surface area contributed by atoms with Gasteiger partial charge in [0.15, 0.2) is 0 Å². The monoisotopic (exact) mass is 356 g/mol. The zero-order valence-electron chi connectivity index (χ0n) is 14.5. The Bertz CT molecular complexity index is 1230. The number of hydrogen-bond acceptors (Lipinski definition) is 1. The first-order valence-electron chi connectivity index (χ1n) is 8.95. The zero-order chi connectivity index (χ0) is 18.4. The zero-order valence-corrected chi connectivity index (χ0v) is 14.5. The van der Waals surface area contributed by atoms with Crippen LogP contribution in [0, 0.1) is 5.82 Å². The summed E-state index contributed by atoms with van der Waals surface area (Å²) in [6.45, 7) is 0. The van der Waals surface area contributed by atoms with E-state index in [9.17, 15) is 9.18 Å². The molecule has 0 spiro atoms. The van der Waals surface area contributed by atoms with Crippen LogP contribution in [0.5, 0.6) is 0 Å². The molecule has 2 N–H and O–H groups in total. The molecule has 132 valence electrons. The van der Waals surface area contributed by atoms with E-state index >= 15 is 0 Å². The molecule has 0 radical (unpaired) electrons. The van der Waals surface area contributed by atoms with Gasteiger partial charge in [-0.1, -0.05) is 48.5 Å². The third-order valence-corrected chi connectivity index (χ3v) is 5.33. The molecule has 1 aromatic heterocycles. The Morgan fingerprint density at radius 3 is 2.48 bits per heavy atom. The summed E-state index contributed by atoms with van der Waals surface area (Å²) in [6, 6.07) is 21.1. The van der Waals surface area contributed by atoms with Crippen LogP contribution in [0.15, 0.2) is 71.5 Å². The first kappa shape index (κ1) is 15.8. The number of aromatic nitrogens is 2. The predicted octanol–water partition coefficient (Wildman–Crippen LogP) is 5.07. The highest BCUT2D eigenvalue weighted by molar-refractivity contribution is 5.91. The number of benzene rings is 3. The van der Waals surface area contributed by atoms with Crippen LogP contribution in [-0.2, 0) is 0 Å². The molecule has 0 saturated heterocycles. The van der Waals surface area contributed by atoms with E-state index in [-0.39, 0.29) is 17.3 Å². The predicted molar refractivity (Wildman–Crippen MR) is 106 cm³/mol. The van der Waals surface area contributed by atoms with Crippen LogP contribution in [0.1, 0.15) is 34.7 Å². The van der Waals surface area contributed by atoms with Crippen molar-refractivity contribution in [3.63, 3.8) is 0 Å². The van der Waals surface area contributed by atoms with E-state index < -0.39 is 0 Å². The molecule has 0 saturated carbocycles. The van der Waals surface area contributed by atoms with Crippen molar-refractivity contribution in [2.24, 2.45) is 0 Å². The van der Waals surface area contributed by atoms with Crippen molar-refractivity contribution in [1.29, 1.82) is 0 Å². The van der Waals surface area contributed by atoms with E-state index in [1.54, 1.807) is 12.1 Å². The topological polar surface area (TPSA) is 48.6 Å². The minimum Gasteiger partial charge on any atom is -0.298 e. The lowest BCUT2D eigenvalue weighted by atomic mass is 9.80. The third-order valence-electron chi connectivity index (χ3n) is 5.33. The third kappa shape index (κ3) is 2.70. The molecule has 1 aliphatic rings. The molecular weight excluding hydrogens is 339 g/mol. The van der Waals surface area contributed by atoms with E-state index in [2.05, 4.69) is 40.5 Å². The molecule has 3 nitrogen and oxygen atoms in total. The van der Waals surface area contributed by atoms with Gasteiger partial charge in [-0.15, -0.1) is 0 Å². The average molecular weight is 356 g/mol.